The first-order valence-electron chi connectivity index (χ1n) is 18.4. The monoisotopic (exact) mass is 696 g/mol. The highest BCUT2D eigenvalue weighted by molar-refractivity contribution is 6.25. The summed E-state index contributed by atoms with van der Waals surface area (Å²) in [6.07, 6.45) is 2.17. The van der Waals surface area contributed by atoms with Crippen LogP contribution in [0.15, 0.2) is 191 Å². The van der Waals surface area contributed by atoms with Crippen molar-refractivity contribution in [3.05, 3.63) is 193 Å². The minimum atomic E-state index is 0.849. The number of rotatable bonds is 7. The largest absolute Gasteiger partial charge is 0.454 e. The van der Waals surface area contributed by atoms with E-state index in [0.29, 0.717) is 0 Å². The zero-order valence-electron chi connectivity index (χ0n) is 30.0. The average molecular weight is 697 g/mol. The maximum atomic E-state index is 6.71. The molecule has 258 valence electrons. The maximum absolute atomic E-state index is 6.71. The van der Waals surface area contributed by atoms with Crippen molar-refractivity contribution in [2.45, 2.75) is 13.8 Å². The zero-order chi connectivity index (χ0) is 36.2. The number of para-hydroxylation sites is 5. The molecule has 2 heterocycles. The van der Waals surface area contributed by atoms with Gasteiger partial charge >= 0.3 is 0 Å². The predicted molar refractivity (Wildman–Crippen MR) is 227 cm³/mol. The molecule has 54 heavy (non-hydrogen) atoms. The third kappa shape index (κ3) is 4.91. The van der Waals surface area contributed by atoms with Crippen molar-refractivity contribution in [2.24, 2.45) is 0 Å². The van der Waals surface area contributed by atoms with Crippen molar-refractivity contribution in [1.82, 2.24) is 0 Å². The Bertz CT molecular complexity index is 2970. The predicted octanol–water partition coefficient (Wildman–Crippen LogP) is 14.6. The molecule has 0 aliphatic heterocycles. The highest BCUT2D eigenvalue weighted by atomic mass is 16.3. The van der Waals surface area contributed by atoms with Crippen LogP contribution in [-0.2, 0) is 0 Å². The van der Waals surface area contributed by atoms with Crippen LogP contribution in [0.4, 0.5) is 28.4 Å². The Morgan fingerprint density at radius 3 is 1.52 bits per heavy atom. The summed E-state index contributed by atoms with van der Waals surface area (Å²) in [4.78, 5) is 4.76. The lowest BCUT2D eigenvalue weighted by atomic mass is 9.95. The molecule has 0 aliphatic rings. The lowest BCUT2D eigenvalue weighted by Gasteiger charge is -2.33. The number of anilines is 5. The molecule has 0 saturated heterocycles. The topological polar surface area (TPSA) is 32.8 Å². The van der Waals surface area contributed by atoms with E-state index in [1.165, 1.54) is 0 Å². The molecule has 10 rings (SSSR count). The normalized spacial score (nSPS) is 12.0. The summed E-state index contributed by atoms with van der Waals surface area (Å²) < 4.78 is 13.4. The Hall–Kier alpha value is -7.04. The van der Waals surface area contributed by atoms with Gasteiger partial charge in [0.1, 0.15) is 11.2 Å². The van der Waals surface area contributed by atoms with Crippen LogP contribution in [-0.4, -0.2) is 0 Å². The Balaban J connectivity index is 1.32. The van der Waals surface area contributed by atoms with Gasteiger partial charge in [-0.3, -0.25) is 0 Å². The van der Waals surface area contributed by atoms with Crippen LogP contribution in [0.3, 0.4) is 0 Å². The second-order valence-corrected chi connectivity index (χ2v) is 13.6. The third-order valence-corrected chi connectivity index (χ3v) is 10.6. The molecule has 0 bridgehead atoms. The number of nitrogens with zero attached hydrogens (tertiary/aromatic N) is 2. The summed E-state index contributed by atoms with van der Waals surface area (Å²) in [6.45, 7) is 4.26. The number of aryl methyl sites for hydroxylation is 1. The van der Waals surface area contributed by atoms with Gasteiger partial charge in [-0.25, -0.2) is 0 Å². The van der Waals surface area contributed by atoms with Gasteiger partial charge in [-0.1, -0.05) is 140 Å². The summed E-state index contributed by atoms with van der Waals surface area (Å²) in [6, 6.07) is 61.9. The summed E-state index contributed by atoms with van der Waals surface area (Å²) in [5.74, 6) is 0.849. The smallest absolute Gasteiger partial charge is 0.159 e. The molecular formula is C50H36N2O2. The van der Waals surface area contributed by atoms with Gasteiger partial charge in [-0.2, -0.15) is 0 Å². The zero-order valence-corrected chi connectivity index (χ0v) is 30.0. The van der Waals surface area contributed by atoms with Gasteiger partial charge in [0.25, 0.3) is 0 Å². The second kappa shape index (κ2) is 12.9. The first kappa shape index (κ1) is 31.7. The molecule has 8 aromatic carbocycles. The molecule has 0 fully saturated rings. The molecule has 0 amide bonds. The molecule has 0 unspecified atom stereocenters. The molecule has 0 atom stereocenters. The Morgan fingerprint density at radius 2 is 0.926 bits per heavy atom. The highest BCUT2D eigenvalue weighted by Crippen LogP contribution is 2.52. The van der Waals surface area contributed by atoms with Gasteiger partial charge in [0.15, 0.2) is 11.3 Å². The highest BCUT2D eigenvalue weighted by Gasteiger charge is 2.29. The number of allylic oxidation sites excluding steroid dienone is 1. The SMILES string of the molecule is C/C=C(\c1oc2ccccc2c1C)N(c1ccccc1)c1c2ccccc2c(N(c2ccccc2)c2cccc3c2oc2ccccc23)c2ccccc12. The van der Waals surface area contributed by atoms with Crippen LogP contribution >= 0.6 is 0 Å². The Kier molecular flexibility index (Phi) is 7.55. The summed E-state index contributed by atoms with van der Waals surface area (Å²) in [7, 11) is 0. The maximum Gasteiger partial charge on any atom is 0.159 e. The number of hydrogen-bond donors (Lipinski definition) is 0. The minimum absolute atomic E-state index is 0.849. The van der Waals surface area contributed by atoms with E-state index in [1.807, 2.05) is 24.3 Å². The van der Waals surface area contributed by atoms with Crippen molar-refractivity contribution < 1.29 is 8.83 Å². The first-order valence-corrected chi connectivity index (χ1v) is 18.4. The average Bonchev–Trinajstić information content (AvgIpc) is 3.78. The third-order valence-electron chi connectivity index (χ3n) is 10.6. The molecule has 10 aromatic rings. The first-order chi connectivity index (χ1) is 26.7. The van der Waals surface area contributed by atoms with E-state index in [-0.39, 0.29) is 0 Å². The van der Waals surface area contributed by atoms with Gasteiger partial charge in [0.05, 0.1) is 22.8 Å². The number of fused-ring (bicyclic) bond motifs is 6. The van der Waals surface area contributed by atoms with Crippen molar-refractivity contribution in [2.75, 3.05) is 9.80 Å². The van der Waals surface area contributed by atoms with E-state index in [2.05, 4.69) is 181 Å². The van der Waals surface area contributed by atoms with Gasteiger partial charge in [-0.05, 0) is 56.3 Å². The van der Waals surface area contributed by atoms with Gasteiger partial charge in [0.2, 0.25) is 0 Å². The van der Waals surface area contributed by atoms with E-state index in [1.54, 1.807) is 0 Å². The van der Waals surface area contributed by atoms with Crippen molar-refractivity contribution >= 4 is 88.6 Å². The molecule has 4 nitrogen and oxygen atoms in total. The van der Waals surface area contributed by atoms with E-state index in [0.717, 1.165) is 99.9 Å². The van der Waals surface area contributed by atoms with Crippen LogP contribution in [0.2, 0.25) is 0 Å². The quantitative estimate of drug-likeness (QED) is 0.123. The molecule has 0 aliphatic carbocycles. The van der Waals surface area contributed by atoms with Gasteiger partial charge in [-0.15, -0.1) is 0 Å². The van der Waals surface area contributed by atoms with E-state index < -0.39 is 0 Å². The van der Waals surface area contributed by atoms with Gasteiger partial charge < -0.3 is 18.6 Å². The van der Waals surface area contributed by atoms with Crippen LogP contribution in [0.5, 0.6) is 0 Å². The fraction of sp³-hybridized carbons (Fsp3) is 0.0400. The lowest BCUT2D eigenvalue weighted by molar-refractivity contribution is 0.594. The molecule has 0 saturated carbocycles. The number of benzene rings is 8. The van der Waals surface area contributed by atoms with Crippen molar-refractivity contribution in [3.63, 3.8) is 0 Å². The minimum Gasteiger partial charge on any atom is -0.454 e. The van der Waals surface area contributed by atoms with Crippen molar-refractivity contribution in [1.29, 1.82) is 0 Å². The Labute approximate surface area is 313 Å². The molecule has 0 radical (unpaired) electrons. The van der Waals surface area contributed by atoms with Crippen LogP contribution in [0.1, 0.15) is 18.2 Å². The molecule has 2 aromatic heterocycles. The standard InChI is InChI=1S/C50H36N2O2/c1-3-43(49-33(2)36-23-14-16-31-45(36)53-49)51(34-19-6-4-7-20-34)47-38-25-10-12-27-40(38)48(41-28-13-11-26-39(41)47)52(35-21-8-5-9-22-35)44-30-18-29-42-37-24-15-17-32-46(37)54-50(42)44/h3-32H,1-2H3/b43-3+. The molecule has 4 heteroatoms. The fourth-order valence-corrected chi connectivity index (χ4v) is 8.18. The van der Waals surface area contributed by atoms with E-state index in [9.17, 15) is 0 Å². The van der Waals surface area contributed by atoms with Gasteiger partial charge in [0, 0.05) is 54.6 Å². The van der Waals surface area contributed by atoms with Crippen LogP contribution < -0.4 is 9.80 Å². The van der Waals surface area contributed by atoms with E-state index in [4.69, 9.17) is 8.83 Å². The fourth-order valence-electron chi connectivity index (χ4n) is 8.18. The van der Waals surface area contributed by atoms with E-state index >= 15 is 0 Å². The number of hydrogen-bond acceptors (Lipinski definition) is 4. The van der Waals surface area contributed by atoms with Crippen LogP contribution in [0, 0.1) is 6.92 Å². The summed E-state index contributed by atoms with van der Waals surface area (Å²) in [5.41, 5.74) is 9.91. The number of furan rings is 2. The lowest BCUT2D eigenvalue weighted by Crippen LogP contribution is -2.18. The second-order valence-electron chi connectivity index (χ2n) is 13.6. The summed E-state index contributed by atoms with van der Waals surface area (Å²) >= 11 is 0. The molecular weight excluding hydrogens is 661 g/mol. The van der Waals surface area contributed by atoms with Crippen LogP contribution in [0.25, 0.3) is 60.1 Å². The Morgan fingerprint density at radius 1 is 0.444 bits per heavy atom. The molecule has 0 spiro atoms. The molecule has 0 N–H and O–H groups in total. The van der Waals surface area contributed by atoms with Crippen molar-refractivity contribution in [3.8, 4) is 0 Å². The summed E-state index contributed by atoms with van der Waals surface area (Å²) in [5, 5.41) is 7.75.